The second-order valence-corrected chi connectivity index (χ2v) is 12.7. The van der Waals surface area contributed by atoms with Crippen molar-refractivity contribution in [2.24, 2.45) is 11.5 Å². The normalized spacial score (nSPS) is 24.5. The molecule has 21 heteroatoms. The molecular formula is C33H55N9O12. The molecule has 1 aromatic carbocycles. The van der Waals surface area contributed by atoms with Crippen molar-refractivity contribution in [1.82, 2.24) is 37.2 Å². The van der Waals surface area contributed by atoms with Gasteiger partial charge in [0.25, 0.3) is 0 Å². The maximum Gasteiger partial charge on any atom is 0.245 e. The van der Waals surface area contributed by atoms with Crippen LogP contribution in [0.15, 0.2) is 30.3 Å². The molecule has 0 aromatic heterocycles. The molecule has 1 aromatic rings. The molecule has 0 bridgehead atoms. The number of amides is 8. The van der Waals surface area contributed by atoms with Crippen LogP contribution < -0.4 is 48.7 Å². The second kappa shape index (κ2) is 22.8. The van der Waals surface area contributed by atoms with Crippen molar-refractivity contribution in [1.29, 1.82) is 0 Å². The number of hydrogen-bond donors (Lipinski definition) is 13. The van der Waals surface area contributed by atoms with E-state index in [4.69, 9.17) is 11.5 Å². The standard InChI is InChI=1S/C33H51N9O12.2H2/c1-17(46)26-33(54)41-24(16-45)32(53)40-23(15-44)31(52)38-20(29(50)39-21(27(34)48)13-18-7-3-2-4-8-18)10-11-25(47)36-12-6-5-9-19(30(51)42-26)37-22(14-43)28(35)49;;/h2-4,7-8,17,19-24,26,37,43-46H,5-6,9-16H2,1H3,(H2,34,48)(H2,35,49)(H,36,47)(H,38,52)(H,39,50)(H,40,53)(H,41,54)(H,42,51);2*1H/t17-,19?,20?,21+,22+,23?,24+,26+;;/m1../s1. The van der Waals surface area contributed by atoms with Crippen LogP contribution >= 0.6 is 0 Å². The lowest BCUT2D eigenvalue weighted by Gasteiger charge is -2.28. The number of rotatable bonds is 12. The first-order valence-electron chi connectivity index (χ1n) is 17.3. The van der Waals surface area contributed by atoms with Gasteiger partial charge in [0.1, 0.15) is 36.3 Å². The van der Waals surface area contributed by atoms with E-state index in [2.05, 4.69) is 37.2 Å². The van der Waals surface area contributed by atoms with Gasteiger partial charge in [-0.1, -0.05) is 30.3 Å². The van der Waals surface area contributed by atoms with E-state index in [1.807, 2.05) is 0 Å². The Labute approximate surface area is 313 Å². The molecule has 8 atom stereocenters. The van der Waals surface area contributed by atoms with Gasteiger partial charge < -0.3 is 63.8 Å². The molecule has 1 aliphatic heterocycles. The Hall–Kier alpha value is -5.22. The SMILES string of the molecule is C[C@@H](O)[C@@H]1NC(=O)C(N[C@@H](CO)C(N)=O)CCCCNC(=O)CCC(C(=O)N[C@@H](Cc2ccccc2)C(N)=O)NC(=O)C(CO)NC(=O)[C@H](CO)NC1=O.[HH].[HH]. The monoisotopic (exact) mass is 769 g/mol. The minimum absolute atomic E-state index is 0. The first-order chi connectivity index (χ1) is 25.6. The van der Waals surface area contributed by atoms with Crippen LogP contribution in [0.5, 0.6) is 0 Å². The van der Waals surface area contributed by atoms with Crippen LogP contribution in [0.2, 0.25) is 0 Å². The Bertz CT molecular complexity index is 1480. The third kappa shape index (κ3) is 14.7. The van der Waals surface area contributed by atoms with E-state index in [9.17, 15) is 58.8 Å². The van der Waals surface area contributed by atoms with Gasteiger partial charge in [-0.05, 0) is 38.2 Å². The van der Waals surface area contributed by atoms with Crippen molar-refractivity contribution >= 4 is 47.3 Å². The third-order valence-corrected chi connectivity index (χ3v) is 8.42. The zero-order valence-electron chi connectivity index (χ0n) is 29.8. The highest BCUT2D eigenvalue weighted by atomic mass is 16.3. The van der Waals surface area contributed by atoms with Crippen molar-refractivity contribution in [2.45, 2.75) is 93.8 Å². The highest BCUT2D eigenvalue weighted by molar-refractivity contribution is 5.97. The van der Waals surface area contributed by atoms with Gasteiger partial charge in [-0.3, -0.25) is 43.7 Å². The second-order valence-electron chi connectivity index (χ2n) is 12.7. The van der Waals surface area contributed by atoms with E-state index in [1.165, 1.54) is 0 Å². The Morgan fingerprint density at radius 1 is 0.815 bits per heavy atom. The van der Waals surface area contributed by atoms with Crippen molar-refractivity contribution in [3.05, 3.63) is 35.9 Å². The molecule has 54 heavy (non-hydrogen) atoms. The van der Waals surface area contributed by atoms with Crippen molar-refractivity contribution in [3.8, 4) is 0 Å². The summed E-state index contributed by atoms with van der Waals surface area (Å²) in [4.78, 5) is 103. The van der Waals surface area contributed by atoms with Crippen LogP contribution in [-0.2, 0) is 44.8 Å². The number of aliphatic hydroxyl groups is 4. The fourth-order valence-corrected chi connectivity index (χ4v) is 5.29. The van der Waals surface area contributed by atoms with Gasteiger partial charge in [-0.25, -0.2) is 0 Å². The Morgan fingerprint density at radius 3 is 1.96 bits per heavy atom. The average molecular weight is 770 g/mol. The summed E-state index contributed by atoms with van der Waals surface area (Å²) >= 11 is 0. The maximum atomic E-state index is 13.5. The molecule has 0 radical (unpaired) electrons. The molecule has 3 unspecified atom stereocenters. The fraction of sp³-hybridized carbons (Fsp3) is 0.576. The molecule has 15 N–H and O–H groups in total. The molecule has 1 fully saturated rings. The zero-order chi connectivity index (χ0) is 40.4. The Kier molecular flexibility index (Phi) is 18.9. The predicted molar refractivity (Wildman–Crippen MR) is 192 cm³/mol. The van der Waals surface area contributed by atoms with Gasteiger partial charge in [0.2, 0.25) is 47.3 Å². The number of carbonyl (C=O) groups is 8. The molecule has 2 rings (SSSR count). The van der Waals surface area contributed by atoms with Crippen molar-refractivity contribution in [2.75, 3.05) is 26.4 Å². The molecular weight excluding hydrogens is 714 g/mol. The summed E-state index contributed by atoms with van der Waals surface area (Å²) in [5, 5.41) is 56.5. The van der Waals surface area contributed by atoms with Gasteiger partial charge in [0.15, 0.2) is 0 Å². The molecule has 21 nitrogen and oxygen atoms in total. The highest BCUT2D eigenvalue weighted by Gasteiger charge is 2.35. The number of nitrogens with one attached hydrogen (secondary N) is 7. The smallest absolute Gasteiger partial charge is 0.245 e. The quantitative estimate of drug-likeness (QED) is 0.0943. The zero-order valence-corrected chi connectivity index (χ0v) is 29.8. The average Bonchev–Trinajstić information content (AvgIpc) is 3.13. The lowest BCUT2D eigenvalue weighted by Crippen LogP contribution is -2.62. The number of nitrogens with two attached hydrogens (primary N) is 2. The van der Waals surface area contributed by atoms with Crippen molar-refractivity contribution < 1.29 is 61.6 Å². The molecule has 1 saturated heterocycles. The first-order valence-corrected chi connectivity index (χ1v) is 17.3. The molecule has 304 valence electrons. The maximum absolute atomic E-state index is 13.5. The van der Waals surface area contributed by atoms with Crippen molar-refractivity contribution in [3.63, 3.8) is 0 Å². The van der Waals surface area contributed by atoms with Gasteiger partial charge in [0.05, 0.1) is 32.0 Å². The van der Waals surface area contributed by atoms with Gasteiger partial charge >= 0.3 is 0 Å². The minimum Gasteiger partial charge on any atom is -0.394 e. The van der Waals surface area contributed by atoms with Crippen LogP contribution in [0.3, 0.4) is 0 Å². The third-order valence-electron chi connectivity index (χ3n) is 8.42. The number of benzene rings is 1. The number of aliphatic hydroxyl groups excluding tert-OH is 4. The lowest BCUT2D eigenvalue weighted by molar-refractivity contribution is -0.137. The van der Waals surface area contributed by atoms with E-state index in [-0.39, 0.29) is 47.9 Å². The summed E-state index contributed by atoms with van der Waals surface area (Å²) in [5.41, 5.74) is 11.5. The summed E-state index contributed by atoms with van der Waals surface area (Å²) in [6.45, 7) is -1.62. The van der Waals surface area contributed by atoms with Crippen LogP contribution in [0, 0.1) is 0 Å². The molecule has 8 amide bonds. The molecule has 1 heterocycles. The summed E-state index contributed by atoms with van der Waals surface area (Å²) in [5.74, 6) is -7.67. The topological polar surface area (TPSA) is 354 Å². The molecule has 0 aliphatic carbocycles. The van der Waals surface area contributed by atoms with E-state index in [0.717, 1.165) is 6.92 Å². The number of carbonyl (C=O) groups excluding carboxylic acids is 8. The van der Waals surface area contributed by atoms with Crippen LogP contribution in [0.4, 0.5) is 0 Å². The molecule has 0 saturated carbocycles. The first kappa shape index (κ1) is 44.9. The highest BCUT2D eigenvalue weighted by Crippen LogP contribution is 2.08. The van der Waals surface area contributed by atoms with Gasteiger partial charge in [-0.15, -0.1) is 0 Å². The van der Waals surface area contributed by atoms with Crippen LogP contribution in [0.1, 0.15) is 47.4 Å². The predicted octanol–water partition coefficient (Wildman–Crippen LogP) is -6.12. The van der Waals surface area contributed by atoms with Gasteiger partial charge in [-0.2, -0.15) is 0 Å². The number of primary amides is 2. The van der Waals surface area contributed by atoms with E-state index in [0.29, 0.717) is 5.56 Å². The number of hydrogen-bond acceptors (Lipinski definition) is 13. The Morgan fingerprint density at radius 2 is 1.41 bits per heavy atom. The summed E-state index contributed by atoms with van der Waals surface area (Å²) < 4.78 is 0. The molecule has 1 aliphatic rings. The largest absolute Gasteiger partial charge is 0.394 e. The molecule has 0 spiro atoms. The van der Waals surface area contributed by atoms with Crippen LogP contribution in [-0.4, -0.2) is 142 Å². The Balaban J connectivity index is 0.0000151. The van der Waals surface area contributed by atoms with Gasteiger partial charge in [0, 0.05) is 22.2 Å². The minimum atomic E-state index is -1.79. The van der Waals surface area contributed by atoms with E-state index < -0.39 is 115 Å². The summed E-state index contributed by atoms with van der Waals surface area (Å²) in [7, 11) is 0. The van der Waals surface area contributed by atoms with E-state index in [1.54, 1.807) is 30.3 Å². The summed E-state index contributed by atoms with van der Waals surface area (Å²) in [6, 6.07) is -2.01. The lowest BCUT2D eigenvalue weighted by atomic mass is 10.0. The van der Waals surface area contributed by atoms with Crippen LogP contribution in [0.25, 0.3) is 0 Å². The fourth-order valence-electron chi connectivity index (χ4n) is 5.29. The summed E-state index contributed by atoms with van der Waals surface area (Å²) in [6.07, 6.45) is -1.70. The van der Waals surface area contributed by atoms with E-state index >= 15 is 0 Å².